The van der Waals surface area contributed by atoms with Gasteiger partial charge in [0, 0.05) is 6.08 Å². The third kappa shape index (κ3) is 5.91. The molecule has 0 aromatic heterocycles. The van der Waals surface area contributed by atoms with Crippen molar-refractivity contribution in [3.8, 4) is 0 Å². The average molecular weight is 458 g/mol. The van der Waals surface area contributed by atoms with Crippen LogP contribution in [-0.4, -0.2) is 12.6 Å². The van der Waals surface area contributed by atoms with Gasteiger partial charge in [-0.15, -0.1) is 0 Å². The molecule has 1 unspecified atom stereocenters. The summed E-state index contributed by atoms with van der Waals surface area (Å²) in [5, 5.41) is 0. The summed E-state index contributed by atoms with van der Waals surface area (Å²) in [7, 11) is 0. The topological polar surface area (TPSA) is 35.5 Å². The predicted octanol–water partition coefficient (Wildman–Crippen LogP) is 6.50. The number of fused-ring (bicyclic) bond motifs is 1. The van der Waals surface area contributed by atoms with Gasteiger partial charge in [0.2, 0.25) is 0 Å². The molecule has 0 heterocycles. The number of esters is 1. The lowest BCUT2D eigenvalue weighted by Gasteiger charge is -2.17. The van der Waals surface area contributed by atoms with E-state index in [4.69, 9.17) is 9.47 Å². The summed E-state index contributed by atoms with van der Waals surface area (Å²) in [5.41, 5.74) is -0.395. The molecule has 1 aliphatic rings. The fourth-order valence-electron chi connectivity index (χ4n) is 3.53. The minimum Gasteiger partial charge on any atom is -0.463 e. The van der Waals surface area contributed by atoms with E-state index < -0.39 is 35.6 Å². The maximum Gasteiger partial charge on any atom is 0.416 e. The van der Waals surface area contributed by atoms with E-state index in [9.17, 15) is 31.1 Å². The van der Waals surface area contributed by atoms with Crippen LogP contribution in [0.15, 0.2) is 42.5 Å². The first-order chi connectivity index (χ1) is 15.0. The SMILES string of the molecule is CCOC(=O)/C=C/c1ccc2c(c1)CCC2OCc1cc(C(F)(F)F)cc(C(F)(F)F)c1. The van der Waals surface area contributed by atoms with Crippen LogP contribution in [0.5, 0.6) is 0 Å². The van der Waals surface area contributed by atoms with Gasteiger partial charge in [-0.3, -0.25) is 0 Å². The molecule has 0 saturated carbocycles. The van der Waals surface area contributed by atoms with Crippen molar-refractivity contribution in [3.63, 3.8) is 0 Å². The van der Waals surface area contributed by atoms with Gasteiger partial charge < -0.3 is 9.47 Å². The van der Waals surface area contributed by atoms with Crippen molar-refractivity contribution in [3.05, 3.63) is 75.9 Å². The third-order valence-electron chi connectivity index (χ3n) is 4.99. The van der Waals surface area contributed by atoms with Crippen LogP contribution in [0.3, 0.4) is 0 Å². The molecule has 1 aliphatic carbocycles. The molecule has 9 heteroatoms. The lowest BCUT2D eigenvalue weighted by atomic mass is 10.0. The molecular formula is C23H20F6O3. The summed E-state index contributed by atoms with van der Waals surface area (Å²) in [6, 6.07) is 6.84. The van der Waals surface area contributed by atoms with Crippen molar-refractivity contribution in [2.24, 2.45) is 0 Å². The lowest BCUT2D eigenvalue weighted by Crippen LogP contribution is -2.12. The number of hydrogen-bond donors (Lipinski definition) is 0. The van der Waals surface area contributed by atoms with Crippen molar-refractivity contribution in [1.82, 2.24) is 0 Å². The number of halogens is 6. The van der Waals surface area contributed by atoms with Crippen LogP contribution >= 0.6 is 0 Å². The fraction of sp³-hybridized carbons (Fsp3) is 0.348. The molecule has 0 fully saturated rings. The number of benzene rings is 2. The molecule has 2 aromatic carbocycles. The third-order valence-corrected chi connectivity index (χ3v) is 4.99. The van der Waals surface area contributed by atoms with Gasteiger partial charge in [0.15, 0.2) is 0 Å². The molecule has 32 heavy (non-hydrogen) atoms. The second-order valence-electron chi connectivity index (χ2n) is 7.30. The molecule has 0 N–H and O–H groups in total. The van der Waals surface area contributed by atoms with Gasteiger partial charge in [0.1, 0.15) is 0 Å². The number of carbonyl (C=O) groups is 1. The van der Waals surface area contributed by atoms with E-state index in [2.05, 4.69) is 0 Å². The Balaban J connectivity index is 1.74. The maximum atomic E-state index is 13.0. The zero-order valence-corrected chi connectivity index (χ0v) is 17.0. The smallest absolute Gasteiger partial charge is 0.416 e. The first-order valence-electron chi connectivity index (χ1n) is 9.85. The standard InChI is InChI=1S/C23H20F6O3/c1-2-31-21(30)8-4-14-3-6-19-16(9-14)5-7-20(19)32-13-15-10-17(22(24,25)26)12-18(11-15)23(27,28)29/h3-4,6,8-12,20H,2,5,7,13H2,1H3/b8-4+. The van der Waals surface area contributed by atoms with Crippen molar-refractivity contribution in [1.29, 1.82) is 0 Å². The summed E-state index contributed by atoms with van der Waals surface area (Å²) in [6.07, 6.45) is -6.15. The second-order valence-corrected chi connectivity index (χ2v) is 7.30. The number of aryl methyl sites for hydroxylation is 1. The van der Waals surface area contributed by atoms with Gasteiger partial charge >= 0.3 is 18.3 Å². The molecule has 0 aliphatic heterocycles. The van der Waals surface area contributed by atoms with Gasteiger partial charge in [0.25, 0.3) is 0 Å². The first-order valence-corrected chi connectivity index (χ1v) is 9.85. The van der Waals surface area contributed by atoms with Crippen LogP contribution in [-0.2, 0) is 39.6 Å². The van der Waals surface area contributed by atoms with E-state index in [0.717, 1.165) is 16.7 Å². The van der Waals surface area contributed by atoms with Crippen molar-refractivity contribution in [2.45, 2.75) is 44.8 Å². The summed E-state index contributed by atoms with van der Waals surface area (Å²) >= 11 is 0. The van der Waals surface area contributed by atoms with Crippen LogP contribution in [0.4, 0.5) is 26.3 Å². The summed E-state index contributed by atoms with van der Waals surface area (Å²) in [5.74, 6) is -0.464. The quantitative estimate of drug-likeness (QED) is 0.282. The van der Waals surface area contributed by atoms with E-state index in [0.29, 0.717) is 25.0 Å². The predicted molar refractivity (Wildman–Crippen MR) is 104 cm³/mol. The van der Waals surface area contributed by atoms with Crippen molar-refractivity contribution >= 4 is 12.0 Å². The second kappa shape index (κ2) is 9.36. The monoisotopic (exact) mass is 458 g/mol. The number of rotatable bonds is 6. The highest BCUT2D eigenvalue weighted by Crippen LogP contribution is 2.38. The van der Waals surface area contributed by atoms with Crippen LogP contribution < -0.4 is 0 Å². The zero-order chi connectivity index (χ0) is 23.5. The molecule has 0 amide bonds. The number of hydrogen-bond acceptors (Lipinski definition) is 3. The van der Waals surface area contributed by atoms with Crippen LogP contribution in [0, 0.1) is 0 Å². The fourth-order valence-corrected chi connectivity index (χ4v) is 3.53. The van der Waals surface area contributed by atoms with E-state index in [1.807, 2.05) is 6.07 Å². The van der Waals surface area contributed by atoms with E-state index in [-0.39, 0.29) is 24.8 Å². The number of alkyl halides is 6. The Bertz CT molecular complexity index is 976. The highest BCUT2D eigenvalue weighted by molar-refractivity contribution is 5.87. The number of carbonyl (C=O) groups excluding carboxylic acids is 1. The normalized spacial score (nSPS) is 16.4. The van der Waals surface area contributed by atoms with Crippen molar-refractivity contribution in [2.75, 3.05) is 6.61 Å². The van der Waals surface area contributed by atoms with E-state index >= 15 is 0 Å². The molecule has 2 aromatic rings. The van der Waals surface area contributed by atoms with Gasteiger partial charge in [-0.25, -0.2) is 4.79 Å². The Morgan fingerprint density at radius 2 is 1.69 bits per heavy atom. The largest absolute Gasteiger partial charge is 0.463 e. The Morgan fingerprint density at radius 3 is 2.28 bits per heavy atom. The van der Waals surface area contributed by atoms with Gasteiger partial charge in [0.05, 0.1) is 30.4 Å². The minimum absolute atomic E-state index is 0.0969. The lowest BCUT2D eigenvalue weighted by molar-refractivity contribution is -0.143. The Labute approximate surface area is 180 Å². The van der Waals surface area contributed by atoms with E-state index in [1.54, 1.807) is 25.1 Å². The highest BCUT2D eigenvalue weighted by atomic mass is 19.4. The first kappa shape index (κ1) is 23.8. The number of ether oxygens (including phenoxy) is 2. The molecule has 3 rings (SSSR count). The van der Waals surface area contributed by atoms with Crippen molar-refractivity contribution < 1.29 is 40.6 Å². The molecule has 0 bridgehead atoms. The Kier molecular flexibility index (Phi) is 6.97. The van der Waals surface area contributed by atoms with Gasteiger partial charge in [-0.2, -0.15) is 26.3 Å². The molecular weight excluding hydrogens is 438 g/mol. The molecule has 0 radical (unpaired) electrons. The average Bonchev–Trinajstić information content (AvgIpc) is 3.12. The molecule has 3 nitrogen and oxygen atoms in total. The maximum absolute atomic E-state index is 13.0. The summed E-state index contributed by atoms with van der Waals surface area (Å²) in [6.45, 7) is 1.58. The summed E-state index contributed by atoms with van der Waals surface area (Å²) < 4.78 is 88.7. The molecule has 1 atom stereocenters. The molecule has 172 valence electrons. The van der Waals surface area contributed by atoms with Crippen LogP contribution in [0.2, 0.25) is 0 Å². The Hall–Kier alpha value is -2.81. The minimum atomic E-state index is -4.90. The van der Waals surface area contributed by atoms with Crippen LogP contribution in [0.1, 0.15) is 52.8 Å². The molecule has 0 saturated heterocycles. The highest BCUT2D eigenvalue weighted by Gasteiger charge is 2.37. The summed E-state index contributed by atoms with van der Waals surface area (Å²) in [4.78, 5) is 11.4. The van der Waals surface area contributed by atoms with Gasteiger partial charge in [-0.1, -0.05) is 18.2 Å². The van der Waals surface area contributed by atoms with E-state index in [1.165, 1.54) is 6.08 Å². The zero-order valence-electron chi connectivity index (χ0n) is 17.0. The van der Waals surface area contributed by atoms with Gasteiger partial charge in [-0.05, 0) is 66.3 Å². The Morgan fingerprint density at radius 1 is 1.03 bits per heavy atom. The molecule has 0 spiro atoms. The van der Waals surface area contributed by atoms with Crippen LogP contribution in [0.25, 0.3) is 6.08 Å².